The third kappa shape index (κ3) is 6.46. The second-order valence-corrected chi connectivity index (χ2v) is 4.76. The van der Waals surface area contributed by atoms with E-state index in [4.69, 9.17) is 4.74 Å². The Kier molecular flexibility index (Phi) is 7.81. The molecule has 1 aliphatic rings. The van der Waals surface area contributed by atoms with Gasteiger partial charge >= 0.3 is 0 Å². The van der Waals surface area contributed by atoms with E-state index in [1.54, 1.807) is 0 Å². The molecule has 0 N–H and O–H groups in total. The van der Waals surface area contributed by atoms with Crippen LogP contribution >= 0.6 is 0 Å². The molecule has 1 saturated heterocycles. The Morgan fingerprint density at radius 3 is 2.56 bits per heavy atom. The second kappa shape index (κ2) is 8.97. The Labute approximate surface area is 101 Å². The van der Waals surface area contributed by atoms with Crippen molar-refractivity contribution in [1.82, 2.24) is 9.80 Å². The molecule has 0 aromatic carbocycles. The molecule has 16 heavy (non-hydrogen) atoms. The molecule has 0 aliphatic carbocycles. The molecule has 0 unspecified atom stereocenters. The maximum Gasteiger partial charge on any atom is 0.0478 e. The van der Waals surface area contributed by atoms with Gasteiger partial charge in [0.15, 0.2) is 0 Å². The van der Waals surface area contributed by atoms with Crippen molar-refractivity contribution in [2.45, 2.75) is 32.6 Å². The Bertz CT molecular complexity index is 158. The van der Waals surface area contributed by atoms with Gasteiger partial charge in [0.1, 0.15) is 0 Å². The third-order valence-corrected chi connectivity index (χ3v) is 3.28. The van der Waals surface area contributed by atoms with Crippen LogP contribution in [-0.2, 0) is 4.74 Å². The lowest BCUT2D eigenvalue weighted by atomic mass is 10.1. The molecule has 3 heteroatoms. The summed E-state index contributed by atoms with van der Waals surface area (Å²) in [5.41, 5.74) is 0. The van der Waals surface area contributed by atoms with E-state index < -0.39 is 0 Å². The molecular formula is C13H28N2O. The van der Waals surface area contributed by atoms with Crippen LogP contribution in [0.4, 0.5) is 0 Å². The summed E-state index contributed by atoms with van der Waals surface area (Å²) in [6, 6.07) is 0. The molecule has 0 spiro atoms. The Morgan fingerprint density at radius 1 is 1.12 bits per heavy atom. The summed E-state index contributed by atoms with van der Waals surface area (Å²) in [6.07, 6.45) is 5.38. The van der Waals surface area contributed by atoms with Crippen LogP contribution < -0.4 is 0 Å². The zero-order valence-electron chi connectivity index (χ0n) is 11.1. The van der Waals surface area contributed by atoms with E-state index in [9.17, 15) is 0 Å². The normalized spacial score (nSPS) is 18.2. The van der Waals surface area contributed by atoms with Gasteiger partial charge in [0.25, 0.3) is 0 Å². The number of rotatable bonds is 8. The lowest BCUT2D eigenvalue weighted by Gasteiger charge is -2.28. The van der Waals surface area contributed by atoms with Crippen molar-refractivity contribution in [3.05, 3.63) is 0 Å². The molecule has 96 valence electrons. The summed E-state index contributed by atoms with van der Waals surface area (Å²) >= 11 is 0. The summed E-state index contributed by atoms with van der Waals surface area (Å²) < 4.78 is 5.34. The van der Waals surface area contributed by atoms with Gasteiger partial charge in [-0.15, -0.1) is 0 Å². The van der Waals surface area contributed by atoms with Gasteiger partial charge in [-0.05, 0) is 46.3 Å². The van der Waals surface area contributed by atoms with Crippen LogP contribution in [0.5, 0.6) is 0 Å². The molecule has 3 nitrogen and oxygen atoms in total. The number of nitrogens with zero attached hydrogens (tertiary/aromatic N) is 2. The highest BCUT2D eigenvalue weighted by molar-refractivity contribution is 4.66. The maximum atomic E-state index is 5.34. The molecule has 1 rings (SSSR count). The average Bonchev–Trinajstić information content (AvgIpc) is 2.33. The number of likely N-dealkylation sites (N-methyl/N-ethyl adjacent to an activating group) is 1. The number of piperidine rings is 1. The van der Waals surface area contributed by atoms with Crippen LogP contribution in [0.1, 0.15) is 32.6 Å². The number of hydrogen-bond acceptors (Lipinski definition) is 3. The monoisotopic (exact) mass is 228 g/mol. The fraction of sp³-hybridized carbons (Fsp3) is 1.00. The minimum Gasteiger partial charge on any atom is -0.382 e. The van der Waals surface area contributed by atoms with Gasteiger partial charge in [0, 0.05) is 32.8 Å². The standard InChI is InChI=1S/C13H28N2O/c1-3-16-13-7-8-14(2)11-12-15-9-5-4-6-10-15/h3-13H2,1-2H3. The zero-order valence-corrected chi connectivity index (χ0v) is 11.1. The predicted octanol–water partition coefficient (Wildman–Crippen LogP) is 1.83. The molecule has 1 fully saturated rings. The number of ether oxygens (including phenoxy) is 1. The minimum atomic E-state index is 0.845. The summed E-state index contributed by atoms with van der Waals surface area (Å²) in [4.78, 5) is 5.02. The molecule has 1 heterocycles. The Morgan fingerprint density at radius 2 is 1.88 bits per heavy atom. The van der Waals surface area contributed by atoms with Gasteiger partial charge in [-0.2, -0.15) is 0 Å². The number of likely N-dealkylation sites (tertiary alicyclic amines) is 1. The fourth-order valence-electron chi connectivity index (χ4n) is 2.19. The average molecular weight is 228 g/mol. The van der Waals surface area contributed by atoms with Gasteiger partial charge in [-0.25, -0.2) is 0 Å². The van der Waals surface area contributed by atoms with E-state index in [1.807, 2.05) is 0 Å². The number of hydrogen-bond donors (Lipinski definition) is 0. The van der Waals surface area contributed by atoms with E-state index in [-0.39, 0.29) is 0 Å². The highest BCUT2D eigenvalue weighted by Gasteiger charge is 2.10. The minimum absolute atomic E-state index is 0.845. The molecule has 0 aromatic heterocycles. The van der Waals surface area contributed by atoms with E-state index in [1.165, 1.54) is 45.4 Å². The smallest absolute Gasteiger partial charge is 0.0478 e. The fourth-order valence-corrected chi connectivity index (χ4v) is 2.19. The van der Waals surface area contributed by atoms with Crippen molar-refractivity contribution in [3.63, 3.8) is 0 Å². The van der Waals surface area contributed by atoms with Crippen molar-refractivity contribution in [1.29, 1.82) is 0 Å². The highest BCUT2D eigenvalue weighted by atomic mass is 16.5. The first kappa shape index (κ1) is 13.9. The molecule has 0 aromatic rings. The zero-order chi connectivity index (χ0) is 11.6. The van der Waals surface area contributed by atoms with Crippen LogP contribution in [0.2, 0.25) is 0 Å². The van der Waals surface area contributed by atoms with E-state index in [0.29, 0.717) is 0 Å². The third-order valence-electron chi connectivity index (χ3n) is 3.28. The first-order valence-corrected chi connectivity index (χ1v) is 6.81. The van der Waals surface area contributed by atoms with Crippen molar-refractivity contribution in [2.24, 2.45) is 0 Å². The highest BCUT2D eigenvalue weighted by Crippen LogP contribution is 2.07. The Hall–Kier alpha value is -0.120. The van der Waals surface area contributed by atoms with Crippen LogP contribution in [0.3, 0.4) is 0 Å². The topological polar surface area (TPSA) is 15.7 Å². The van der Waals surface area contributed by atoms with Crippen LogP contribution in [0.15, 0.2) is 0 Å². The summed E-state index contributed by atoms with van der Waals surface area (Å²) in [7, 11) is 2.22. The molecule has 1 aliphatic heterocycles. The maximum absolute atomic E-state index is 5.34. The molecular weight excluding hydrogens is 200 g/mol. The predicted molar refractivity (Wildman–Crippen MR) is 68.9 cm³/mol. The van der Waals surface area contributed by atoms with Crippen LogP contribution in [0, 0.1) is 0 Å². The Balaban J connectivity index is 1.94. The van der Waals surface area contributed by atoms with Gasteiger partial charge in [-0.3, -0.25) is 0 Å². The quantitative estimate of drug-likeness (QED) is 0.590. The summed E-state index contributed by atoms with van der Waals surface area (Å²) in [5.74, 6) is 0. The SMILES string of the molecule is CCOCCCN(C)CCN1CCCCC1. The lowest BCUT2D eigenvalue weighted by Crippen LogP contribution is -2.37. The summed E-state index contributed by atoms with van der Waals surface area (Å²) in [6.45, 7) is 10.0. The van der Waals surface area contributed by atoms with Crippen molar-refractivity contribution >= 4 is 0 Å². The van der Waals surface area contributed by atoms with Crippen molar-refractivity contribution < 1.29 is 4.74 Å². The van der Waals surface area contributed by atoms with E-state index in [0.717, 1.165) is 26.2 Å². The molecule has 0 radical (unpaired) electrons. The van der Waals surface area contributed by atoms with Crippen molar-refractivity contribution in [2.75, 3.05) is 53.0 Å². The lowest BCUT2D eigenvalue weighted by molar-refractivity contribution is 0.132. The second-order valence-electron chi connectivity index (χ2n) is 4.76. The van der Waals surface area contributed by atoms with Gasteiger partial charge in [0.05, 0.1) is 0 Å². The van der Waals surface area contributed by atoms with E-state index in [2.05, 4.69) is 23.8 Å². The van der Waals surface area contributed by atoms with Gasteiger partial charge in [0.2, 0.25) is 0 Å². The molecule has 0 amide bonds. The van der Waals surface area contributed by atoms with Crippen LogP contribution in [-0.4, -0.2) is 62.8 Å². The van der Waals surface area contributed by atoms with E-state index >= 15 is 0 Å². The van der Waals surface area contributed by atoms with Crippen LogP contribution in [0.25, 0.3) is 0 Å². The molecule has 0 bridgehead atoms. The molecule has 0 saturated carbocycles. The van der Waals surface area contributed by atoms with Gasteiger partial charge in [-0.1, -0.05) is 6.42 Å². The first-order valence-electron chi connectivity index (χ1n) is 6.81. The molecule has 0 atom stereocenters. The first-order chi connectivity index (χ1) is 7.83. The van der Waals surface area contributed by atoms with Crippen molar-refractivity contribution in [3.8, 4) is 0 Å². The summed E-state index contributed by atoms with van der Waals surface area (Å²) in [5, 5.41) is 0. The largest absolute Gasteiger partial charge is 0.382 e. The van der Waals surface area contributed by atoms with Gasteiger partial charge < -0.3 is 14.5 Å².